The number of hydrogen-bond donors (Lipinski definition) is 1. The molecule has 1 N–H and O–H groups in total. The second-order valence-corrected chi connectivity index (χ2v) is 9.22. The first-order valence-corrected chi connectivity index (χ1v) is 10.7. The second-order valence-electron chi connectivity index (χ2n) is 5.62. The minimum atomic E-state index is -4.00. The predicted molar refractivity (Wildman–Crippen MR) is 86.3 cm³/mol. The van der Waals surface area contributed by atoms with Gasteiger partial charge in [-0.1, -0.05) is 25.4 Å². The van der Waals surface area contributed by atoms with E-state index in [9.17, 15) is 21.2 Å². The molecule has 0 saturated carbocycles. The van der Waals surface area contributed by atoms with Gasteiger partial charge in [-0.3, -0.25) is 0 Å². The SMILES string of the molecule is CC[C@@H](C)[C@H](NS(=O)(=O)c1ccc(F)cc1)c1nnc(S(C)(=O)=O)o1. The lowest BCUT2D eigenvalue weighted by Crippen LogP contribution is -2.32. The Bertz CT molecular complexity index is 939. The number of nitrogens with one attached hydrogen (secondary N) is 1. The van der Waals surface area contributed by atoms with Crippen LogP contribution >= 0.6 is 0 Å². The highest BCUT2D eigenvalue weighted by Crippen LogP contribution is 2.26. The number of benzene rings is 1. The molecular weight excluding hydrogens is 373 g/mol. The van der Waals surface area contributed by atoms with Crippen molar-refractivity contribution < 1.29 is 25.6 Å². The molecule has 2 atom stereocenters. The summed E-state index contributed by atoms with van der Waals surface area (Å²) in [6.45, 7) is 3.58. The van der Waals surface area contributed by atoms with Crippen molar-refractivity contribution in [2.75, 3.05) is 6.26 Å². The van der Waals surface area contributed by atoms with E-state index in [1.165, 1.54) is 0 Å². The molecule has 11 heteroatoms. The van der Waals surface area contributed by atoms with E-state index in [2.05, 4.69) is 14.9 Å². The zero-order valence-corrected chi connectivity index (χ0v) is 15.4. The maximum absolute atomic E-state index is 13.0. The molecule has 0 fully saturated rings. The molecule has 8 nitrogen and oxygen atoms in total. The molecule has 0 radical (unpaired) electrons. The van der Waals surface area contributed by atoms with Gasteiger partial charge in [0.05, 0.1) is 4.90 Å². The number of sulfonamides is 1. The van der Waals surface area contributed by atoms with Crippen molar-refractivity contribution >= 4 is 19.9 Å². The Morgan fingerprint density at radius 3 is 2.24 bits per heavy atom. The molecule has 0 aliphatic heterocycles. The van der Waals surface area contributed by atoms with Crippen LogP contribution in [0, 0.1) is 11.7 Å². The monoisotopic (exact) mass is 391 g/mol. The molecule has 1 heterocycles. The Balaban J connectivity index is 2.38. The molecule has 1 aromatic carbocycles. The van der Waals surface area contributed by atoms with Crippen LogP contribution in [0.2, 0.25) is 0 Å². The van der Waals surface area contributed by atoms with Crippen LogP contribution in [0.25, 0.3) is 0 Å². The first kappa shape index (κ1) is 19.5. The molecule has 0 amide bonds. The van der Waals surface area contributed by atoms with Gasteiger partial charge in [-0.15, -0.1) is 5.10 Å². The molecule has 1 aromatic heterocycles. The van der Waals surface area contributed by atoms with Gasteiger partial charge in [0.15, 0.2) is 0 Å². The number of rotatable bonds is 7. The van der Waals surface area contributed by atoms with E-state index in [-0.39, 0.29) is 16.7 Å². The van der Waals surface area contributed by atoms with E-state index in [1.807, 2.05) is 6.92 Å². The van der Waals surface area contributed by atoms with Crippen LogP contribution in [0.4, 0.5) is 4.39 Å². The number of aromatic nitrogens is 2. The first-order valence-electron chi connectivity index (χ1n) is 7.36. The Morgan fingerprint density at radius 1 is 1.16 bits per heavy atom. The average Bonchev–Trinajstić information content (AvgIpc) is 3.02. The van der Waals surface area contributed by atoms with Crippen LogP contribution in [-0.2, 0) is 19.9 Å². The fourth-order valence-corrected chi connectivity index (χ4v) is 3.71. The molecule has 2 aromatic rings. The van der Waals surface area contributed by atoms with Crippen LogP contribution in [0.1, 0.15) is 32.2 Å². The highest BCUT2D eigenvalue weighted by atomic mass is 32.2. The van der Waals surface area contributed by atoms with E-state index in [0.29, 0.717) is 6.42 Å². The van der Waals surface area contributed by atoms with Crippen molar-refractivity contribution in [2.24, 2.45) is 5.92 Å². The molecule has 0 spiro atoms. The standard InChI is InChI=1S/C14H18FN3O5S2/c1-4-9(2)12(13-16-17-14(23-13)24(3,19)20)18-25(21,22)11-7-5-10(15)6-8-11/h5-9,12,18H,4H2,1-3H3/t9-,12+/m1/s1. The minimum Gasteiger partial charge on any atom is -0.411 e. The third kappa shape index (κ3) is 4.61. The third-order valence-corrected chi connectivity index (χ3v) is 5.88. The largest absolute Gasteiger partial charge is 0.411 e. The van der Waals surface area contributed by atoms with Crippen LogP contribution in [-0.4, -0.2) is 33.3 Å². The van der Waals surface area contributed by atoms with Gasteiger partial charge in [0.1, 0.15) is 11.9 Å². The van der Waals surface area contributed by atoms with E-state index >= 15 is 0 Å². The summed E-state index contributed by atoms with van der Waals surface area (Å²) in [7, 11) is -7.71. The quantitative estimate of drug-likeness (QED) is 0.762. The summed E-state index contributed by atoms with van der Waals surface area (Å²) in [5.41, 5.74) is 0. The lowest BCUT2D eigenvalue weighted by Gasteiger charge is -2.20. The maximum atomic E-state index is 13.0. The molecule has 0 aliphatic carbocycles. The van der Waals surface area contributed by atoms with Gasteiger partial charge in [-0.2, -0.15) is 4.72 Å². The lowest BCUT2D eigenvalue weighted by atomic mass is 10.0. The molecular formula is C14H18FN3O5S2. The maximum Gasteiger partial charge on any atom is 0.335 e. The Kier molecular flexibility index (Phi) is 5.59. The molecule has 0 unspecified atom stereocenters. The Hall–Kier alpha value is -1.85. The summed E-state index contributed by atoms with van der Waals surface area (Å²) in [6.07, 6.45) is 1.47. The average molecular weight is 391 g/mol. The zero-order valence-electron chi connectivity index (χ0n) is 13.8. The number of nitrogens with zero attached hydrogens (tertiary/aromatic N) is 2. The zero-order chi connectivity index (χ0) is 18.8. The van der Waals surface area contributed by atoms with Crippen LogP contribution in [0.15, 0.2) is 38.8 Å². The van der Waals surface area contributed by atoms with Crippen molar-refractivity contribution in [2.45, 2.75) is 36.4 Å². The fourth-order valence-electron chi connectivity index (χ4n) is 1.99. The third-order valence-electron chi connectivity index (χ3n) is 3.62. The Labute approximate surface area is 145 Å². The Morgan fingerprint density at radius 2 is 1.76 bits per heavy atom. The van der Waals surface area contributed by atoms with Crippen LogP contribution < -0.4 is 4.72 Å². The second kappa shape index (κ2) is 7.18. The van der Waals surface area contributed by atoms with Gasteiger partial charge in [0, 0.05) is 6.26 Å². The molecule has 138 valence electrons. The van der Waals surface area contributed by atoms with Gasteiger partial charge in [0.25, 0.3) is 0 Å². The minimum absolute atomic E-state index is 0.134. The van der Waals surface area contributed by atoms with Crippen molar-refractivity contribution in [1.29, 1.82) is 0 Å². The van der Waals surface area contributed by atoms with E-state index < -0.39 is 36.9 Å². The summed E-state index contributed by atoms with van der Waals surface area (Å²) in [5, 5.41) is 6.53. The van der Waals surface area contributed by atoms with E-state index in [0.717, 1.165) is 30.5 Å². The van der Waals surface area contributed by atoms with Crippen LogP contribution in [0.3, 0.4) is 0 Å². The van der Waals surface area contributed by atoms with Gasteiger partial charge >= 0.3 is 5.22 Å². The molecule has 0 saturated heterocycles. The summed E-state index contributed by atoms with van der Waals surface area (Å²) >= 11 is 0. The number of halogens is 1. The number of hydrogen-bond acceptors (Lipinski definition) is 7. The first-order chi connectivity index (χ1) is 11.5. The van der Waals surface area contributed by atoms with Crippen molar-refractivity contribution in [3.63, 3.8) is 0 Å². The van der Waals surface area contributed by atoms with Crippen molar-refractivity contribution in [1.82, 2.24) is 14.9 Å². The molecule has 0 bridgehead atoms. The van der Waals surface area contributed by atoms with Gasteiger partial charge in [0.2, 0.25) is 25.8 Å². The summed E-state index contributed by atoms with van der Waals surface area (Å²) in [4.78, 5) is -0.134. The van der Waals surface area contributed by atoms with Crippen LogP contribution in [0.5, 0.6) is 0 Å². The molecule has 2 rings (SSSR count). The van der Waals surface area contributed by atoms with E-state index in [1.54, 1.807) is 6.92 Å². The van der Waals surface area contributed by atoms with Gasteiger partial charge < -0.3 is 4.42 Å². The van der Waals surface area contributed by atoms with E-state index in [4.69, 9.17) is 4.42 Å². The highest BCUT2D eigenvalue weighted by Gasteiger charge is 2.31. The topological polar surface area (TPSA) is 119 Å². The van der Waals surface area contributed by atoms with Gasteiger partial charge in [-0.25, -0.2) is 21.2 Å². The predicted octanol–water partition coefficient (Wildman–Crippen LogP) is 1.68. The summed E-state index contributed by atoms with van der Waals surface area (Å²) < 4.78 is 68.5. The van der Waals surface area contributed by atoms with Crippen molar-refractivity contribution in [3.05, 3.63) is 36.0 Å². The fraction of sp³-hybridized carbons (Fsp3) is 0.429. The summed E-state index contributed by atoms with van der Waals surface area (Å²) in [5.74, 6) is -0.976. The molecule has 25 heavy (non-hydrogen) atoms. The highest BCUT2D eigenvalue weighted by molar-refractivity contribution is 7.90. The van der Waals surface area contributed by atoms with Crippen molar-refractivity contribution in [3.8, 4) is 0 Å². The number of sulfone groups is 1. The smallest absolute Gasteiger partial charge is 0.335 e. The van der Waals surface area contributed by atoms with Gasteiger partial charge in [-0.05, 0) is 30.2 Å². The molecule has 0 aliphatic rings. The normalized spacial score (nSPS) is 15.0. The lowest BCUT2D eigenvalue weighted by molar-refractivity contribution is 0.312. The summed E-state index contributed by atoms with van der Waals surface area (Å²) in [6, 6.07) is 3.38.